The molecule has 0 unspecified atom stereocenters. The van der Waals surface area contributed by atoms with Crippen molar-refractivity contribution in [2.45, 2.75) is 19.8 Å². The van der Waals surface area contributed by atoms with E-state index in [0.29, 0.717) is 5.92 Å². The summed E-state index contributed by atoms with van der Waals surface area (Å²) in [5, 5.41) is 0. The van der Waals surface area contributed by atoms with Crippen molar-refractivity contribution in [1.29, 1.82) is 0 Å². The summed E-state index contributed by atoms with van der Waals surface area (Å²) < 4.78 is 1.92. The van der Waals surface area contributed by atoms with Crippen LogP contribution in [-0.4, -0.2) is 9.55 Å². The molecule has 2 aromatic rings. The number of benzene rings is 1. The van der Waals surface area contributed by atoms with E-state index in [0.717, 1.165) is 17.1 Å². The van der Waals surface area contributed by atoms with Crippen LogP contribution in [0.4, 0.5) is 0 Å². The normalized spacial score (nSPS) is 10.9. The van der Waals surface area contributed by atoms with Gasteiger partial charge in [0.2, 0.25) is 0 Å². The highest BCUT2D eigenvalue weighted by molar-refractivity contribution is 5.59. The Morgan fingerprint density at radius 3 is 2.40 bits per heavy atom. The molecule has 0 amide bonds. The summed E-state index contributed by atoms with van der Waals surface area (Å²) in [6, 6.07) is 10.2. The van der Waals surface area contributed by atoms with Crippen LogP contribution in [0.2, 0.25) is 0 Å². The fourth-order valence-corrected chi connectivity index (χ4v) is 1.69. The van der Waals surface area contributed by atoms with Gasteiger partial charge in [0.25, 0.3) is 0 Å². The number of hydrogen-bond donors (Lipinski definition) is 0. The summed E-state index contributed by atoms with van der Waals surface area (Å²) >= 11 is 0. The van der Waals surface area contributed by atoms with Crippen LogP contribution in [0.5, 0.6) is 0 Å². The average molecular weight is 199 g/mol. The van der Waals surface area contributed by atoms with Gasteiger partial charge in [-0.1, -0.05) is 44.2 Å². The molecule has 0 aliphatic rings. The molecule has 77 valence electrons. The summed E-state index contributed by atoms with van der Waals surface area (Å²) in [5.74, 6) is 1.42. The average Bonchev–Trinajstić information content (AvgIpc) is 2.61. The Balaban J connectivity index is 2.47. The summed E-state index contributed by atoms with van der Waals surface area (Å²) in [5.41, 5.74) is 2.23. The van der Waals surface area contributed by atoms with E-state index >= 15 is 0 Å². The van der Waals surface area contributed by atoms with Crippen LogP contribution in [0, 0.1) is 7.05 Å². The maximum Gasteiger partial charge on any atom is 0.111 e. The SMILES string of the molecule is [CH2]n1c(-c2ccccc2)cnc1C(C)C. The number of rotatable bonds is 2. The lowest BCUT2D eigenvalue weighted by molar-refractivity contribution is 0.752. The lowest BCUT2D eigenvalue weighted by Crippen LogP contribution is -1.99. The number of nitrogens with zero attached hydrogens (tertiary/aromatic N) is 2. The van der Waals surface area contributed by atoms with Crippen LogP contribution >= 0.6 is 0 Å². The van der Waals surface area contributed by atoms with Crippen molar-refractivity contribution in [3.8, 4) is 11.3 Å². The van der Waals surface area contributed by atoms with Crippen molar-refractivity contribution in [2.75, 3.05) is 0 Å². The van der Waals surface area contributed by atoms with Gasteiger partial charge in [0.05, 0.1) is 11.9 Å². The zero-order valence-corrected chi connectivity index (χ0v) is 9.14. The van der Waals surface area contributed by atoms with Crippen LogP contribution in [-0.2, 0) is 0 Å². The zero-order chi connectivity index (χ0) is 10.8. The van der Waals surface area contributed by atoms with Crippen molar-refractivity contribution in [1.82, 2.24) is 9.55 Å². The number of hydrogen-bond acceptors (Lipinski definition) is 1. The monoisotopic (exact) mass is 199 g/mol. The molecule has 2 rings (SSSR count). The third kappa shape index (κ3) is 1.80. The highest BCUT2D eigenvalue weighted by Gasteiger charge is 2.10. The Morgan fingerprint density at radius 1 is 1.20 bits per heavy atom. The molecule has 15 heavy (non-hydrogen) atoms. The summed E-state index contributed by atoms with van der Waals surface area (Å²) in [7, 11) is 4.03. The molecule has 2 nitrogen and oxygen atoms in total. The minimum atomic E-state index is 0.403. The maximum atomic E-state index is 4.39. The second kappa shape index (κ2) is 3.89. The highest BCUT2D eigenvalue weighted by atomic mass is 15.1. The van der Waals surface area contributed by atoms with E-state index < -0.39 is 0 Å². The van der Waals surface area contributed by atoms with Gasteiger partial charge in [-0.2, -0.15) is 0 Å². The molecule has 1 aromatic carbocycles. The molecule has 0 fully saturated rings. The first-order valence-corrected chi connectivity index (χ1v) is 5.14. The van der Waals surface area contributed by atoms with Crippen molar-refractivity contribution in [2.24, 2.45) is 0 Å². The molecule has 0 saturated heterocycles. The van der Waals surface area contributed by atoms with Gasteiger partial charge >= 0.3 is 0 Å². The summed E-state index contributed by atoms with van der Waals surface area (Å²) in [6.45, 7) is 4.25. The molecule has 0 N–H and O–H groups in total. The quantitative estimate of drug-likeness (QED) is 0.725. The van der Waals surface area contributed by atoms with Gasteiger partial charge in [0, 0.05) is 13.0 Å². The first-order valence-electron chi connectivity index (χ1n) is 5.14. The van der Waals surface area contributed by atoms with Gasteiger partial charge in [-0.25, -0.2) is 4.98 Å². The summed E-state index contributed by atoms with van der Waals surface area (Å²) in [6.07, 6.45) is 1.89. The van der Waals surface area contributed by atoms with Gasteiger partial charge in [-0.05, 0) is 5.56 Å². The Hall–Kier alpha value is -1.57. The predicted octanol–water partition coefficient (Wildman–Crippen LogP) is 3.31. The van der Waals surface area contributed by atoms with Gasteiger partial charge in [0.1, 0.15) is 5.82 Å². The molecule has 0 spiro atoms. The van der Waals surface area contributed by atoms with E-state index in [4.69, 9.17) is 0 Å². The molecular formula is C13H15N2. The first kappa shape index (κ1) is 9.97. The lowest BCUT2D eigenvalue weighted by Gasteiger charge is -2.07. The first-order chi connectivity index (χ1) is 7.20. The van der Waals surface area contributed by atoms with Crippen molar-refractivity contribution < 1.29 is 0 Å². The topological polar surface area (TPSA) is 17.8 Å². The number of aromatic nitrogens is 2. The molecular weight excluding hydrogens is 184 g/mol. The van der Waals surface area contributed by atoms with Crippen LogP contribution < -0.4 is 0 Å². The Labute approximate surface area is 90.6 Å². The molecule has 0 saturated carbocycles. The van der Waals surface area contributed by atoms with E-state index in [2.05, 4.69) is 38.0 Å². The van der Waals surface area contributed by atoms with Gasteiger partial charge in [0.15, 0.2) is 0 Å². The van der Waals surface area contributed by atoms with Crippen LogP contribution in [0.3, 0.4) is 0 Å². The van der Waals surface area contributed by atoms with Gasteiger partial charge in [-0.3, -0.25) is 0 Å². The fraction of sp³-hybridized carbons (Fsp3) is 0.231. The van der Waals surface area contributed by atoms with E-state index in [9.17, 15) is 0 Å². The Kier molecular flexibility index (Phi) is 2.58. The van der Waals surface area contributed by atoms with E-state index in [-0.39, 0.29) is 0 Å². The Bertz CT molecular complexity index is 441. The second-order valence-electron chi connectivity index (χ2n) is 3.95. The Morgan fingerprint density at radius 2 is 1.87 bits per heavy atom. The predicted molar refractivity (Wildman–Crippen MR) is 62.5 cm³/mol. The highest BCUT2D eigenvalue weighted by Crippen LogP contribution is 2.22. The smallest absolute Gasteiger partial charge is 0.111 e. The lowest BCUT2D eigenvalue weighted by atomic mass is 10.1. The molecule has 0 atom stereocenters. The van der Waals surface area contributed by atoms with E-state index in [1.807, 2.05) is 29.0 Å². The van der Waals surface area contributed by atoms with Crippen LogP contribution in [0.1, 0.15) is 25.6 Å². The van der Waals surface area contributed by atoms with E-state index in [1.54, 1.807) is 0 Å². The minimum absolute atomic E-state index is 0.403. The minimum Gasteiger partial charge on any atom is -0.326 e. The van der Waals surface area contributed by atoms with Gasteiger partial charge in [-0.15, -0.1) is 0 Å². The molecule has 1 radical (unpaired) electrons. The fourth-order valence-electron chi connectivity index (χ4n) is 1.69. The van der Waals surface area contributed by atoms with Gasteiger partial charge < -0.3 is 4.57 Å². The van der Waals surface area contributed by atoms with Crippen LogP contribution in [0.15, 0.2) is 36.5 Å². The van der Waals surface area contributed by atoms with Crippen molar-refractivity contribution in [3.63, 3.8) is 0 Å². The maximum absolute atomic E-state index is 4.39. The third-order valence-corrected chi connectivity index (χ3v) is 2.47. The third-order valence-electron chi connectivity index (χ3n) is 2.47. The molecule has 0 aliphatic heterocycles. The molecule has 2 heteroatoms. The van der Waals surface area contributed by atoms with Crippen molar-refractivity contribution >= 4 is 0 Å². The largest absolute Gasteiger partial charge is 0.326 e. The zero-order valence-electron chi connectivity index (χ0n) is 9.14. The molecule has 1 aromatic heterocycles. The molecule has 0 aliphatic carbocycles. The number of imidazole rings is 1. The van der Waals surface area contributed by atoms with Crippen molar-refractivity contribution in [3.05, 3.63) is 49.4 Å². The van der Waals surface area contributed by atoms with E-state index in [1.165, 1.54) is 0 Å². The molecule has 0 bridgehead atoms. The summed E-state index contributed by atoms with van der Waals surface area (Å²) in [4.78, 5) is 4.39. The second-order valence-corrected chi connectivity index (χ2v) is 3.95. The molecule has 1 heterocycles. The van der Waals surface area contributed by atoms with Crippen LogP contribution in [0.25, 0.3) is 11.3 Å². The standard InChI is InChI=1S/C13H15N2/c1-10(2)13-14-9-12(15(13)3)11-7-5-4-6-8-11/h4-10H,3H2,1-2H3.